The number of nitrogens with two attached hydrogens (primary N) is 2. The Balaban J connectivity index is 1.77. The van der Waals surface area contributed by atoms with E-state index in [1.54, 1.807) is 12.1 Å². The quantitative estimate of drug-likeness (QED) is 0.165. The van der Waals surface area contributed by atoms with Crippen LogP contribution in [0.15, 0.2) is 48.5 Å². The number of likely N-dealkylation sites (tertiary alicyclic amines) is 1. The number of amides is 4. The lowest BCUT2D eigenvalue weighted by atomic mass is 10.0. The molecule has 13 heteroatoms. The molecule has 220 valence electrons. The molecule has 9 N–H and O–H groups in total. The van der Waals surface area contributed by atoms with Crippen LogP contribution in [0.4, 0.5) is 0 Å². The highest BCUT2D eigenvalue weighted by atomic mass is 16.4. The van der Waals surface area contributed by atoms with Crippen molar-refractivity contribution in [2.45, 2.75) is 62.7 Å². The number of carbonyl (C=O) groups excluding carboxylic acids is 4. The molecule has 3 rings (SSSR count). The first-order valence-electron chi connectivity index (χ1n) is 13.2. The first-order valence-corrected chi connectivity index (χ1v) is 13.2. The van der Waals surface area contributed by atoms with E-state index in [1.165, 1.54) is 41.3 Å². The van der Waals surface area contributed by atoms with Crippen molar-refractivity contribution >= 4 is 29.6 Å². The van der Waals surface area contributed by atoms with E-state index >= 15 is 0 Å². The van der Waals surface area contributed by atoms with Crippen LogP contribution in [0.5, 0.6) is 11.5 Å². The Hall–Kier alpha value is -4.65. The fraction of sp³-hybridized carbons (Fsp3) is 0.393. The number of nitrogens with one attached hydrogen (secondary N) is 2. The van der Waals surface area contributed by atoms with Crippen LogP contribution in [0, 0.1) is 0 Å². The zero-order valence-electron chi connectivity index (χ0n) is 22.4. The van der Waals surface area contributed by atoms with Crippen molar-refractivity contribution in [1.29, 1.82) is 0 Å². The zero-order chi connectivity index (χ0) is 30.1. The van der Waals surface area contributed by atoms with Gasteiger partial charge in [0.1, 0.15) is 29.6 Å². The summed E-state index contributed by atoms with van der Waals surface area (Å²) in [4.78, 5) is 64.0. The molecule has 1 saturated heterocycles. The van der Waals surface area contributed by atoms with E-state index in [4.69, 9.17) is 11.5 Å². The van der Waals surface area contributed by atoms with Crippen molar-refractivity contribution in [1.82, 2.24) is 15.5 Å². The van der Waals surface area contributed by atoms with Crippen molar-refractivity contribution in [3.8, 4) is 11.5 Å². The van der Waals surface area contributed by atoms with Crippen LogP contribution in [0.25, 0.3) is 0 Å². The number of carbonyl (C=O) groups is 5. The van der Waals surface area contributed by atoms with Crippen LogP contribution in [-0.4, -0.2) is 80.5 Å². The Morgan fingerprint density at radius 3 is 1.93 bits per heavy atom. The molecule has 2 aromatic rings. The van der Waals surface area contributed by atoms with Gasteiger partial charge in [-0.25, -0.2) is 4.79 Å². The van der Waals surface area contributed by atoms with E-state index in [0.717, 1.165) is 0 Å². The third kappa shape index (κ3) is 8.93. The Morgan fingerprint density at radius 2 is 1.41 bits per heavy atom. The second-order valence-corrected chi connectivity index (χ2v) is 10.0. The monoisotopic (exact) mass is 569 g/mol. The van der Waals surface area contributed by atoms with Gasteiger partial charge in [0.05, 0.1) is 6.04 Å². The smallest absolute Gasteiger partial charge is 0.326 e. The minimum atomic E-state index is -1.33. The van der Waals surface area contributed by atoms with Crippen LogP contribution in [0.3, 0.4) is 0 Å². The average molecular weight is 570 g/mol. The second kappa shape index (κ2) is 14.1. The number of rotatable bonds is 13. The summed E-state index contributed by atoms with van der Waals surface area (Å²) in [6, 6.07) is 7.36. The first kappa shape index (κ1) is 30.9. The summed E-state index contributed by atoms with van der Waals surface area (Å²) in [7, 11) is 0. The maximum absolute atomic E-state index is 13.4. The highest BCUT2D eigenvalue weighted by Gasteiger charge is 2.38. The predicted molar refractivity (Wildman–Crippen MR) is 146 cm³/mol. The number of nitrogens with zero attached hydrogens (tertiary/aromatic N) is 1. The van der Waals surface area contributed by atoms with E-state index < -0.39 is 53.8 Å². The van der Waals surface area contributed by atoms with Crippen LogP contribution in [0.1, 0.15) is 36.8 Å². The molecule has 0 radical (unpaired) electrons. The van der Waals surface area contributed by atoms with Crippen molar-refractivity contribution in [3.05, 3.63) is 59.7 Å². The molecule has 1 heterocycles. The minimum Gasteiger partial charge on any atom is -0.508 e. The molecule has 0 spiro atoms. The summed E-state index contributed by atoms with van der Waals surface area (Å²) in [5.74, 6) is -3.76. The van der Waals surface area contributed by atoms with Crippen LogP contribution in [-0.2, 0) is 36.8 Å². The topological polar surface area (TPSA) is 225 Å². The summed E-state index contributed by atoms with van der Waals surface area (Å²) in [6.07, 6.45) is 0.697. The largest absolute Gasteiger partial charge is 0.508 e. The number of aromatic hydroxyl groups is 2. The molecule has 4 atom stereocenters. The van der Waals surface area contributed by atoms with Gasteiger partial charge >= 0.3 is 5.97 Å². The van der Waals surface area contributed by atoms with Gasteiger partial charge in [-0.05, 0) is 54.7 Å². The molecule has 0 aromatic heterocycles. The highest BCUT2D eigenvalue weighted by Crippen LogP contribution is 2.20. The first-order chi connectivity index (χ1) is 19.4. The van der Waals surface area contributed by atoms with Gasteiger partial charge in [-0.1, -0.05) is 24.3 Å². The number of phenols is 2. The van der Waals surface area contributed by atoms with E-state index in [9.17, 15) is 39.3 Å². The molecule has 0 aliphatic carbocycles. The molecule has 1 aliphatic heterocycles. The number of carboxylic acid groups (broad SMARTS) is 1. The maximum Gasteiger partial charge on any atom is 0.326 e. The number of hydrogen-bond donors (Lipinski definition) is 7. The SMILES string of the molecule is NC(=O)CCC(N)C(=O)N1CCCC1C(=O)NC(Cc1ccc(O)cc1)C(=O)NC(Cc1ccc(O)cc1)C(=O)O. The molecular formula is C28H35N5O8. The van der Waals surface area contributed by atoms with Gasteiger partial charge in [0.2, 0.25) is 23.6 Å². The van der Waals surface area contributed by atoms with E-state index in [2.05, 4.69) is 10.6 Å². The number of benzene rings is 2. The lowest BCUT2D eigenvalue weighted by Gasteiger charge is -2.28. The van der Waals surface area contributed by atoms with Gasteiger partial charge in [-0.15, -0.1) is 0 Å². The summed E-state index contributed by atoms with van der Waals surface area (Å²) in [5.41, 5.74) is 12.2. The number of hydrogen-bond acceptors (Lipinski definition) is 8. The maximum atomic E-state index is 13.4. The van der Waals surface area contributed by atoms with Gasteiger partial charge in [-0.3, -0.25) is 19.2 Å². The van der Waals surface area contributed by atoms with Crippen molar-refractivity contribution in [2.24, 2.45) is 11.5 Å². The van der Waals surface area contributed by atoms with Crippen molar-refractivity contribution in [2.75, 3.05) is 6.54 Å². The minimum absolute atomic E-state index is 0.00594. The normalized spacial score (nSPS) is 16.8. The number of phenolic OH excluding ortho intramolecular Hbond substituents is 2. The number of primary amides is 1. The van der Waals surface area contributed by atoms with Gasteiger partial charge in [-0.2, -0.15) is 0 Å². The zero-order valence-corrected chi connectivity index (χ0v) is 22.4. The fourth-order valence-corrected chi connectivity index (χ4v) is 4.62. The fourth-order valence-electron chi connectivity index (χ4n) is 4.62. The lowest BCUT2D eigenvalue weighted by Crippen LogP contribution is -2.57. The van der Waals surface area contributed by atoms with E-state index in [1.807, 2.05) is 0 Å². The molecule has 0 bridgehead atoms. The Labute approximate surface area is 236 Å². The molecular weight excluding hydrogens is 534 g/mol. The molecule has 41 heavy (non-hydrogen) atoms. The van der Waals surface area contributed by atoms with Gasteiger partial charge in [0.15, 0.2) is 0 Å². The molecule has 2 aromatic carbocycles. The van der Waals surface area contributed by atoms with E-state index in [0.29, 0.717) is 24.0 Å². The van der Waals surface area contributed by atoms with Gasteiger partial charge in [0.25, 0.3) is 0 Å². The lowest BCUT2D eigenvalue weighted by molar-refractivity contribution is -0.143. The van der Waals surface area contributed by atoms with Crippen LogP contribution >= 0.6 is 0 Å². The third-order valence-electron chi connectivity index (χ3n) is 6.86. The molecule has 13 nitrogen and oxygen atoms in total. The van der Waals surface area contributed by atoms with Crippen molar-refractivity contribution < 1.29 is 39.3 Å². The van der Waals surface area contributed by atoms with E-state index in [-0.39, 0.29) is 43.7 Å². The van der Waals surface area contributed by atoms with Gasteiger partial charge in [0, 0.05) is 25.8 Å². The molecule has 4 unspecified atom stereocenters. The average Bonchev–Trinajstić information content (AvgIpc) is 3.43. The molecule has 1 aliphatic rings. The Morgan fingerprint density at radius 1 is 0.878 bits per heavy atom. The second-order valence-electron chi connectivity index (χ2n) is 10.0. The van der Waals surface area contributed by atoms with Crippen LogP contribution < -0.4 is 22.1 Å². The van der Waals surface area contributed by atoms with Gasteiger partial charge < -0.3 is 42.3 Å². The predicted octanol–water partition coefficient (Wildman–Crippen LogP) is -0.479. The third-order valence-corrected chi connectivity index (χ3v) is 6.86. The Bertz CT molecular complexity index is 1250. The summed E-state index contributed by atoms with van der Waals surface area (Å²) in [6.45, 7) is 0.268. The standard InChI is InChI=1S/C28H35N5O8/c29-20(11-12-24(30)36)27(39)33-13-1-2-23(33)26(38)31-21(14-16-3-7-18(34)8-4-16)25(37)32-22(28(40)41)15-17-5-9-19(35)10-6-17/h3-10,20-23,34-35H,1-2,11-15,29H2,(H2,30,36)(H,31,38)(H,32,37)(H,40,41). The number of aliphatic carboxylic acids is 1. The number of carboxylic acids is 1. The van der Waals surface area contributed by atoms with Crippen LogP contribution in [0.2, 0.25) is 0 Å². The molecule has 0 saturated carbocycles. The summed E-state index contributed by atoms with van der Waals surface area (Å²) in [5, 5.41) is 34.0. The summed E-state index contributed by atoms with van der Waals surface area (Å²) >= 11 is 0. The highest BCUT2D eigenvalue weighted by molar-refractivity contribution is 5.94. The molecule has 1 fully saturated rings. The Kier molecular flexibility index (Phi) is 10.6. The summed E-state index contributed by atoms with van der Waals surface area (Å²) < 4.78 is 0. The molecule has 4 amide bonds. The van der Waals surface area contributed by atoms with Crippen molar-refractivity contribution in [3.63, 3.8) is 0 Å².